The van der Waals surface area contributed by atoms with Gasteiger partial charge in [0.05, 0.1) is 0 Å². The molecule has 0 saturated heterocycles. The number of carbonyl (C=O) groups is 1. The van der Waals surface area contributed by atoms with Crippen LogP contribution in [-0.4, -0.2) is 5.78 Å². The summed E-state index contributed by atoms with van der Waals surface area (Å²) in [4.78, 5) is 11.1. The Morgan fingerprint density at radius 1 is 1.50 bits per heavy atom. The molecule has 0 aliphatic carbocycles. The molecule has 0 bridgehead atoms. The van der Waals surface area contributed by atoms with Gasteiger partial charge in [-0.15, -0.1) is 0 Å². The molecule has 0 atom stereocenters. The molecule has 0 aromatic heterocycles. The van der Waals surface area contributed by atoms with Crippen LogP contribution in [0.25, 0.3) is 0 Å². The lowest BCUT2D eigenvalue weighted by Crippen LogP contribution is -1.99. The van der Waals surface area contributed by atoms with Gasteiger partial charge in [0.15, 0.2) is 5.78 Å². The summed E-state index contributed by atoms with van der Waals surface area (Å²) in [7, 11) is 0. The van der Waals surface area contributed by atoms with Crippen molar-refractivity contribution in [1.82, 2.24) is 0 Å². The molecular formula is C9H10BrNO. The molecule has 0 heterocycles. The fourth-order valence-corrected chi connectivity index (χ4v) is 1.54. The number of nitrogen functional groups attached to an aromatic ring is 1. The molecule has 0 saturated carbocycles. The molecule has 12 heavy (non-hydrogen) atoms. The van der Waals surface area contributed by atoms with E-state index in [0.29, 0.717) is 11.3 Å². The predicted molar refractivity (Wildman–Crippen MR) is 53.3 cm³/mol. The van der Waals surface area contributed by atoms with Crippen LogP contribution in [0.1, 0.15) is 22.8 Å². The highest BCUT2D eigenvalue weighted by Gasteiger charge is 2.07. The number of hydrogen-bond acceptors (Lipinski definition) is 2. The molecule has 3 heteroatoms. The summed E-state index contributed by atoms with van der Waals surface area (Å²) in [5, 5.41) is 0. The van der Waals surface area contributed by atoms with Crippen LogP contribution in [0, 0.1) is 6.92 Å². The van der Waals surface area contributed by atoms with E-state index in [-0.39, 0.29) is 5.78 Å². The summed E-state index contributed by atoms with van der Waals surface area (Å²) in [6.07, 6.45) is 0. The van der Waals surface area contributed by atoms with Crippen LogP contribution < -0.4 is 5.73 Å². The average molecular weight is 228 g/mol. The van der Waals surface area contributed by atoms with E-state index >= 15 is 0 Å². The summed E-state index contributed by atoms with van der Waals surface area (Å²) in [5.41, 5.74) is 7.82. The monoisotopic (exact) mass is 227 g/mol. The van der Waals surface area contributed by atoms with Gasteiger partial charge in [-0.3, -0.25) is 4.79 Å². The van der Waals surface area contributed by atoms with Gasteiger partial charge in [0, 0.05) is 15.7 Å². The maximum Gasteiger partial charge on any atom is 0.160 e. The first kappa shape index (κ1) is 9.26. The van der Waals surface area contributed by atoms with Crippen LogP contribution >= 0.6 is 15.9 Å². The summed E-state index contributed by atoms with van der Waals surface area (Å²) in [6, 6.07) is 3.49. The average Bonchev–Trinajstić information content (AvgIpc) is 1.96. The zero-order chi connectivity index (χ0) is 9.30. The van der Waals surface area contributed by atoms with Crippen LogP contribution in [0.15, 0.2) is 16.6 Å². The first-order valence-electron chi connectivity index (χ1n) is 3.59. The molecule has 0 amide bonds. The Hall–Kier alpha value is -0.830. The molecule has 0 unspecified atom stereocenters. The Morgan fingerprint density at radius 3 is 2.58 bits per heavy atom. The van der Waals surface area contributed by atoms with Crippen LogP contribution in [-0.2, 0) is 0 Å². The van der Waals surface area contributed by atoms with Gasteiger partial charge in [-0.25, -0.2) is 0 Å². The van der Waals surface area contributed by atoms with Crippen molar-refractivity contribution in [2.75, 3.05) is 5.73 Å². The molecule has 2 N–H and O–H groups in total. The van der Waals surface area contributed by atoms with Crippen LogP contribution in [0.4, 0.5) is 5.69 Å². The number of nitrogens with two attached hydrogens (primary N) is 1. The number of ketones is 1. The quantitative estimate of drug-likeness (QED) is 0.592. The molecule has 64 valence electrons. The number of benzene rings is 1. The molecule has 0 fully saturated rings. The van der Waals surface area contributed by atoms with E-state index in [1.54, 1.807) is 12.1 Å². The van der Waals surface area contributed by atoms with Crippen molar-refractivity contribution < 1.29 is 4.79 Å². The van der Waals surface area contributed by atoms with Gasteiger partial charge >= 0.3 is 0 Å². The van der Waals surface area contributed by atoms with Gasteiger partial charge in [-0.1, -0.05) is 15.9 Å². The van der Waals surface area contributed by atoms with Crippen molar-refractivity contribution in [3.63, 3.8) is 0 Å². The largest absolute Gasteiger partial charge is 0.399 e. The molecule has 0 spiro atoms. The first-order chi connectivity index (χ1) is 5.52. The molecular weight excluding hydrogens is 218 g/mol. The van der Waals surface area contributed by atoms with Gasteiger partial charge in [0.25, 0.3) is 0 Å². The van der Waals surface area contributed by atoms with E-state index in [9.17, 15) is 4.79 Å². The maximum atomic E-state index is 11.1. The summed E-state index contributed by atoms with van der Waals surface area (Å²) < 4.78 is 0.882. The molecule has 0 aliphatic heterocycles. The highest BCUT2D eigenvalue weighted by Crippen LogP contribution is 2.23. The zero-order valence-electron chi connectivity index (χ0n) is 7.02. The minimum Gasteiger partial charge on any atom is -0.399 e. The van der Waals surface area contributed by atoms with Crippen molar-refractivity contribution in [2.24, 2.45) is 0 Å². The normalized spacial score (nSPS) is 9.92. The van der Waals surface area contributed by atoms with Crippen molar-refractivity contribution in [3.8, 4) is 0 Å². The number of carbonyl (C=O) groups excluding carboxylic acids is 1. The first-order valence-corrected chi connectivity index (χ1v) is 4.38. The van der Waals surface area contributed by atoms with Gasteiger partial charge in [0.2, 0.25) is 0 Å². The lowest BCUT2D eigenvalue weighted by atomic mass is 10.1. The standard InChI is InChI=1S/C9H10BrNO/c1-5-8(6(2)12)3-7(11)4-9(5)10/h3-4H,11H2,1-2H3. The van der Waals surface area contributed by atoms with Crippen molar-refractivity contribution >= 4 is 27.4 Å². The topological polar surface area (TPSA) is 43.1 Å². The smallest absolute Gasteiger partial charge is 0.160 e. The fourth-order valence-electron chi connectivity index (χ4n) is 1.07. The van der Waals surface area contributed by atoms with Gasteiger partial charge in [-0.2, -0.15) is 0 Å². The lowest BCUT2D eigenvalue weighted by molar-refractivity contribution is 0.101. The second-order valence-electron chi connectivity index (χ2n) is 2.73. The molecule has 0 radical (unpaired) electrons. The summed E-state index contributed by atoms with van der Waals surface area (Å²) in [6.45, 7) is 3.43. The van der Waals surface area contributed by atoms with E-state index in [1.165, 1.54) is 6.92 Å². The minimum absolute atomic E-state index is 0.0421. The molecule has 2 nitrogen and oxygen atoms in total. The highest BCUT2D eigenvalue weighted by atomic mass is 79.9. The SMILES string of the molecule is CC(=O)c1cc(N)cc(Br)c1C. The Morgan fingerprint density at radius 2 is 2.08 bits per heavy atom. The summed E-state index contributed by atoms with van der Waals surface area (Å²) in [5.74, 6) is 0.0421. The van der Waals surface area contributed by atoms with E-state index in [1.807, 2.05) is 6.92 Å². The third-order valence-electron chi connectivity index (χ3n) is 1.75. The van der Waals surface area contributed by atoms with Gasteiger partial charge in [-0.05, 0) is 31.5 Å². The summed E-state index contributed by atoms with van der Waals surface area (Å²) >= 11 is 3.33. The van der Waals surface area contributed by atoms with Crippen molar-refractivity contribution in [2.45, 2.75) is 13.8 Å². The Balaban J connectivity index is 3.37. The van der Waals surface area contributed by atoms with Crippen LogP contribution in [0.3, 0.4) is 0 Å². The minimum atomic E-state index is 0.0421. The zero-order valence-corrected chi connectivity index (χ0v) is 8.60. The third-order valence-corrected chi connectivity index (χ3v) is 2.57. The van der Waals surface area contributed by atoms with Crippen LogP contribution in [0.5, 0.6) is 0 Å². The fraction of sp³-hybridized carbons (Fsp3) is 0.222. The highest BCUT2D eigenvalue weighted by molar-refractivity contribution is 9.10. The molecule has 1 aromatic rings. The number of rotatable bonds is 1. The van der Waals surface area contributed by atoms with E-state index < -0.39 is 0 Å². The van der Waals surface area contributed by atoms with Crippen LogP contribution in [0.2, 0.25) is 0 Å². The van der Waals surface area contributed by atoms with E-state index in [2.05, 4.69) is 15.9 Å². The Kier molecular flexibility index (Phi) is 2.52. The van der Waals surface area contributed by atoms with Crippen molar-refractivity contribution in [1.29, 1.82) is 0 Å². The second-order valence-corrected chi connectivity index (χ2v) is 3.59. The van der Waals surface area contributed by atoms with Gasteiger partial charge < -0.3 is 5.73 Å². The Bertz CT molecular complexity index is 334. The number of hydrogen-bond donors (Lipinski definition) is 1. The van der Waals surface area contributed by atoms with Crippen molar-refractivity contribution in [3.05, 3.63) is 27.7 Å². The number of anilines is 1. The molecule has 0 aliphatic rings. The molecule has 1 rings (SSSR count). The predicted octanol–water partition coefficient (Wildman–Crippen LogP) is 2.54. The maximum absolute atomic E-state index is 11.1. The van der Waals surface area contributed by atoms with E-state index in [4.69, 9.17) is 5.73 Å². The van der Waals surface area contributed by atoms with Gasteiger partial charge in [0.1, 0.15) is 0 Å². The van der Waals surface area contributed by atoms with E-state index in [0.717, 1.165) is 10.0 Å². The number of Topliss-reactive ketones (excluding diaryl/α,β-unsaturated/α-hetero) is 1. The number of halogens is 1. The second kappa shape index (κ2) is 3.27. The molecule has 1 aromatic carbocycles. The third kappa shape index (κ3) is 1.67. The lowest BCUT2D eigenvalue weighted by Gasteiger charge is -2.05. The Labute approximate surface area is 79.9 Å².